The lowest BCUT2D eigenvalue weighted by Crippen LogP contribution is -2.15. The molecule has 12 heteroatoms. The quantitative estimate of drug-likeness (QED) is 0.537. The Morgan fingerprint density at radius 3 is 2.57 bits per heavy atom. The fraction of sp³-hybridized carbons (Fsp3) is 0.167. The van der Waals surface area contributed by atoms with Crippen molar-refractivity contribution in [1.82, 2.24) is 14.8 Å². The summed E-state index contributed by atoms with van der Waals surface area (Å²) in [6.45, 7) is 3.26. The number of rotatable bonds is 6. The van der Waals surface area contributed by atoms with Crippen molar-refractivity contribution in [2.45, 2.75) is 0 Å². The summed E-state index contributed by atoms with van der Waals surface area (Å²) in [4.78, 5) is 16.9. The fourth-order valence-electron chi connectivity index (χ4n) is 2.68. The summed E-state index contributed by atoms with van der Waals surface area (Å²) in [5.74, 6) is -0.102. The van der Waals surface area contributed by atoms with Crippen LogP contribution in [-0.4, -0.2) is 48.7 Å². The van der Waals surface area contributed by atoms with Crippen molar-refractivity contribution >= 4 is 51.4 Å². The summed E-state index contributed by atoms with van der Waals surface area (Å²) in [6.07, 6.45) is 5.39. The maximum absolute atomic E-state index is 12.6. The number of carbonyl (C=O) groups is 1. The molecule has 30 heavy (non-hydrogen) atoms. The molecule has 0 aliphatic rings. The Morgan fingerprint density at radius 1 is 1.20 bits per heavy atom. The van der Waals surface area contributed by atoms with Crippen LogP contribution >= 0.6 is 18.7 Å². The Balaban J connectivity index is 1.86. The van der Waals surface area contributed by atoms with Crippen LogP contribution in [0.5, 0.6) is 0 Å². The predicted octanol–water partition coefficient (Wildman–Crippen LogP) is 2.79. The third-order valence-electron chi connectivity index (χ3n) is 3.87. The molecule has 2 aromatic heterocycles. The minimum atomic E-state index is -3.50. The van der Waals surface area contributed by atoms with Gasteiger partial charge in [0.15, 0.2) is 5.82 Å². The average molecular weight is 468 g/mol. The molecule has 0 radical (unpaired) electrons. The minimum Gasteiger partial charge on any atom is -0.322 e. The number of nitrogens with zero attached hydrogens (tertiary/aromatic N) is 3. The van der Waals surface area contributed by atoms with Crippen molar-refractivity contribution < 1.29 is 17.8 Å². The highest BCUT2D eigenvalue weighted by atomic mass is 35.5. The lowest BCUT2D eigenvalue weighted by Gasteiger charge is -2.11. The van der Waals surface area contributed by atoms with Crippen molar-refractivity contribution in [2.75, 3.05) is 29.6 Å². The van der Waals surface area contributed by atoms with E-state index in [2.05, 4.69) is 20.1 Å². The van der Waals surface area contributed by atoms with Crippen molar-refractivity contribution in [3.05, 3.63) is 59.5 Å². The van der Waals surface area contributed by atoms with Crippen LogP contribution in [0.3, 0.4) is 0 Å². The van der Waals surface area contributed by atoms with E-state index in [1.54, 1.807) is 31.7 Å². The zero-order valence-electron chi connectivity index (χ0n) is 16.3. The molecule has 1 amide bonds. The van der Waals surface area contributed by atoms with Gasteiger partial charge in [0, 0.05) is 23.1 Å². The molecule has 0 unspecified atom stereocenters. The third-order valence-corrected chi connectivity index (χ3v) is 6.20. The van der Waals surface area contributed by atoms with Crippen LogP contribution in [0, 0.1) is 0 Å². The number of amides is 1. The van der Waals surface area contributed by atoms with E-state index in [9.17, 15) is 17.8 Å². The molecule has 0 aliphatic carbocycles. The molecule has 0 fully saturated rings. The van der Waals surface area contributed by atoms with Crippen LogP contribution in [0.4, 0.5) is 11.4 Å². The van der Waals surface area contributed by atoms with Crippen LogP contribution in [-0.2, 0) is 14.6 Å². The van der Waals surface area contributed by atoms with E-state index in [0.29, 0.717) is 16.8 Å². The third kappa shape index (κ3) is 5.47. The summed E-state index contributed by atoms with van der Waals surface area (Å²) in [5, 5.41) is 7.60. The van der Waals surface area contributed by atoms with Crippen molar-refractivity contribution in [3.63, 3.8) is 0 Å². The Kier molecular flexibility index (Phi) is 6.03. The zero-order chi connectivity index (χ0) is 22.1. The molecular weight excluding hydrogens is 449 g/mol. The first kappa shape index (κ1) is 22.0. The first-order valence-electron chi connectivity index (χ1n) is 8.58. The van der Waals surface area contributed by atoms with Gasteiger partial charge < -0.3 is 9.88 Å². The smallest absolute Gasteiger partial charge is 0.258 e. The molecule has 9 nitrogen and oxygen atoms in total. The Hall–Kier alpha value is -2.68. The first-order valence-corrected chi connectivity index (χ1v) is 13.4. The number of pyridine rings is 1. The Bertz CT molecular complexity index is 1270. The summed E-state index contributed by atoms with van der Waals surface area (Å²) < 4.78 is 39.1. The van der Waals surface area contributed by atoms with Gasteiger partial charge in [-0.25, -0.2) is 18.1 Å². The number of hydrogen-bond donors (Lipinski definition) is 2. The highest BCUT2D eigenvalue weighted by molar-refractivity contribution is 7.92. The Labute approximate surface area is 178 Å². The zero-order valence-corrected chi connectivity index (χ0v) is 18.8. The van der Waals surface area contributed by atoms with Gasteiger partial charge in [0.1, 0.15) is 7.14 Å². The van der Waals surface area contributed by atoms with E-state index < -0.39 is 23.1 Å². The molecule has 0 atom stereocenters. The van der Waals surface area contributed by atoms with Crippen LogP contribution in [0.25, 0.3) is 5.82 Å². The van der Waals surface area contributed by atoms with E-state index in [1.807, 2.05) is 0 Å². The summed E-state index contributed by atoms with van der Waals surface area (Å²) in [5.41, 5.74) is 0.749. The van der Waals surface area contributed by atoms with E-state index in [1.165, 1.54) is 35.3 Å². The van der Waals surface area contributed by atoms with E-state index in [-0.39, 0.29) is 16.3 Å². The number of hydrogen-bond acceptors (Lipinski definition) is 6. The second kappa shape index (κ2) is 8.22. The molecule has 2 N–H and O–H groups in total. The van der Waals surface area contributed by atoms with E-state index in [4.69, 9.17) is 11.6 Å². The van der Waals surface area contributed by atoms with Gasteiger partial charge in [-0.1, -0.05) is 11.6 Å². The van der Waals surface area contributed by atoms with E-state index in [0.717, 1.165) is 6.26 Å². The standard InChI is InChI=1S/C18H19ClN5O4PS/c1-29(2,26)16-5-4-6-20-17(16)24-11-12(10-21-24)18(25)22-14-7-13(19)8-15(9-14)23-30(3,27)28/h4-11,23H,1-3H3,(H,22,25). The highest BCUT2D eigenvalue weighted by Crippen LogP contribution is 2.36. The average Bonchev–Trinajstić information content (AvgIpc) is 3.09. The molecule has 0 bridgehead atoms. The molecule has 1 aromatic carbocycles. The number of sulfonamides is 1. The van der Waals surface area contributed by atoms with Crippen LogP contribution in [0.15, 0.2) is 48.9 Å². The Morgan fingerprint density at radius 2 is 1.90 bits per heavy atom. The maximum Gasteiger partial charge on any atom is 0.258 e. The van der Waals surface area contributed by atoms with Gasteiger partial charge in [-0.05, 0) is 43.7 Å². The van der Waals surface area contributed by atoms with Crippen LogP contribution in [0.2, 0.25) is 5.02 Å². The number of anilines is 2. The number of halogens is 1. The van der Waals surface area contributed by atoms with Gasteiger partial charge in [-0.2, -0.15) is 5.10 Å². The fourth-order valence-corrected chi connectivity index (χ4v) is 4.55. The molecular formula is C18H19ClN5O4PS. The second-order valence-electron chi connectivity index (χ2n) is 6.93. The first-order chi connectivity index (χ1) is 13.9. The molecule has 0 saturated heterocycles. The van der Waals surface area contributed by atoms with Gasteiger partial charge in [0.25, 0.3) is 5.91 Å². The number of benzene rings is 1. The van der Waals surface area contributed by atoms with E-state index >= 15 is 0 Å². The highest BCUT2D eigenvalue weighted by Gasteiger charge is 2.19. The topological polar surface area (TPSA) is 123 Å². The monoisotopic (exact) mass is 467 g/mol. The van der Waals surface area contributed by atoms with Crippen molar-refractivity contribution in [1.29, 1.82) is 0 Å². The molecule has 2 heterocycles. The van der Waals surface area contributed by atoms with Gasteiger partial charge in [0.2, 0.25) is 10.0 Å². The maximum atomic E-state index is 12.6. The number of nitrogens with one attached hydrogen (secondary N) is 2. The predicted molar refractivity (Wildman–Crippen MR) is 118 cm³/mol. The van der Waals surface area contributed by atoms with Crippen molar-refractivity contribution in [2.24, 2.45) is 0 Å². The molecule has 0 aliphatic heterocycles. The SMILES string of the molecule is CP(C)(=O)c1cccnc1-n1cc(C(=O)Nc2cc(Cl)cc(NS(C)(=O)=O)c2)cn1. The lowest BCUT2D eigenvalue weighted by molar-refractivity contribution is 0.102. The summed E-state index contributed by atoms with van der Waals surface area (Å²) in [6, 6.07) is 7.76. The molecule has 3 rings (SSSR count). The normalized spacial score (nSPS) is 11.9. The lowest BCUT2D eigenvalue weighted by atomic mass is 10.2. The van der Waals surface area contributed by atoms with Gasteiger partial charge in [0.05, 0.1) is 29.0 Å². The van der Waals surface area contributed by atoms with Crippen LogP contribution in [0.1, 0.15) is 10.4 Å². The number of carbonyl (C=O) groups excluding carboxylic acids is 1. The molecule has 3 aromatic rings. The summed E-state index contributed by atoms with van der Waals surface area (Å²) >= 11 is 6.02. The van der Waals surface area contributed by atoms with Crippen LogP contribution < -0.4 is 15.3 Å². The van der Waals surface area contributed by atoms with Gasteiger partial charge in [-0.3, -0.25) is 9.52 Å². The van der Waals surface area contributed by atoms with Gasteiger partial charge in [-0.15, -0.1) is 0 Å². The minimum absolute atomic E-state index is 0.218. The molecule has 0 saturated carbocycles. The second-order valence-corrected chi connectivity index (χ2v) is 12.3. The number of aromatic nitrogens is 3. The van der Waals surface area contributed by atoms with Crippen molar-refractivity contribution in [3.8, 4) is 5.82 Å². The largest absolute Gasteiger partial charge is 0.322 e. The molecule has 0 spiro atoms. The van der Waals surface area contributed by atoms with Gasteiger partial charge >= 0.3 is 0 Å². The summed E-state index contributed by atoms with van der Waals surface area (Å²) in [7, 11) is -6.11. The molecule has 158 valence electrons.